The zero-order valence-corrected chi connectivity index (χ0v) is 21.9. The first-order valence-electron chi connectivity index (χ1n) is 12.9. The number of carbonyl (C=O) groups excluding carboxylic acids is 1. The van der Waals surface area contributed by atoms with Gasteiger partial charge in [0.1, 0.15) is 23.8 Å². The summed E-state index contributed by atoms with van der Waals surface area (Å²) in [5.74, 6) is -6.18. The number of nitrogens with zero attached hydrogens (tertiary/aromatic N) is 3. The Morgan fingerprint density at radius 1 is 1.12 bits per heavy atom. The maximum Gasteiger partial charge on any atom is 0.458 e. The Morgan fingerprint density at radius 2 is 1.95 bits per heavy atom. The van der Waals surface area contributed by atoms with Crippen LogP contribution in [-0.2, 0) is 12.5 Å². The zero-order chi connectivity index (χ0) is 29.2. The molecule has 0 saturated carbocycles. The lowest BCUT2D eigenvalue weighted by molar-refractivity contribution is -0.289. The van der Waals surface area contributed by atoms with E-state index in [4.69, 9.17) is 4.74 Å². The number of amides is 1. The van der Waals surface area contributed by atoms with Crippen molar-refractivity contribution in [3.63, 3.8) is 0 Å². The number of benzene rings is 1. The molecule has 3 N–H and O–H groups in total. The summed E-state index contributed by atoms with van der Waals surface area (Å²) < 4.78 is 74.0. The van der Waals surface area contributed by atoms with Gasteiger partial charge in [-0.3, -0.25) is 4.79 Å². The van der Waals surface area contributed by atoms with E-state index < -0.39 is 29.3 Å². The molecule has 1 aromatic carbocycles. The van der Waals surface area contributed by atoms with E-state index in [9.17, 15) is 26.7 Å². The molecule has 4 aromatic rings. The van der Waals surface area contributed by atoms with Gasteiger partial charge in [-0.05, 0) is 68.4 Å². The molecule has 216 valence electrons. The Balaban J connectivity index is 1.37. The Labute approximate surface area is 231 Å². The van der Waals surface area contributed by atoms with Crippen LogP contribution in [0, 0.1) is 0 Å². The second kappa shape index (κ2) is 11.3. The van der Waals surface area contributed by atoms with E-state index in [0.29, 0.717) is 18.3 Å². The topological polar surface area (TPSA) is 95.2 Å². The minimum absolute atomic E-state index is 0.00975. The highest BCUT2D eigenvalue weighted by molar-refractivity contribution is 6.07. The van der Waals surface area contributed by atoms with Crippen LogP contribution in [0.15, 0.2) is 61.1 Å². The molecule has 0 aliphatic carbocycles. The van der Waals surface area contributed by atoms with Gasteiger partial charge in [0.05, 0.1) is 11.1 Å². The minimum Gasteiger partial charge on any atom is -0.491 e. The maximum absolute atomic E-state index is 14.4. The Kier molecular flexibility index (Phi) is 7.80. The maximum atomic E-state index is 14.4. The van der Waals surface area contributed by atoms with Crippen molar-refractivity contribution in [1.29, 1.82) is 0 Å². The molecule has 0 bridgehead atoms. The molecule has 1 atom stereocenters. The molecule has 1 saturated heterocycles. The average Bonchev–Trinajstić information content (AvgIpc) is 3.59. The fraction of sp³-hybridized carbons (Fsp3) is 0.321. The van der Waals surface area contributed by atoms with Crippen LogP contribution in [0.25, 0.3) is 11.0 Å². The number of anilines is 2. The fourth-order valence-electron chi connectivity index (χ4n) is 4.79. The molecule has 1 aliphatic heterocycles. The van der Waals surface area contributed by atoms with Crippen molar-refractivity contribution < 1.29 is 31.5 Å². The largest absolute Gasteiger partial charge is 0.491 e. The average molecular weight is 575 g/mol. The quantitative estimate of drug-likeness (QED) is 0.214. The number of rotatable bonds is 9. The van der Waals surface area contributed by atoms with E-state index in [1.54, 1.807) is 18.5 Å². The van der Waals surface area contributed by atoms with Crippen molar-refractivity contribution in [2.45, 2.75) is 37.5 Å². The number of likely N-dealkylation sites (N-methyl/N-ethyl adjacent to an activating group) is 1. The number of aromatic amines is 1. The first-order chi connectivity index (χ1) is 19.5. The van der Waals surface area contributed by atoms with Crippen LogP contribution >= 0.6 is 0 Å². The highest BCUT2D eigenvalue weighted by atomic mass is 19.4. The van der Waals surface area contributed by atoms with E-state index in [-0.39, 0.29) is 29.7 Å². The number of hydrogen-bond acceptors (Lipinski definition) is 6. The number of fused-ring (bicyclic) bond motifs is 1. The smallest absolute Gasteiger partial charge is 0.458 e. The first kappa shape index (κ1) is 28.3. The predicted molar refractivity (Wildman–Crippen MR) is 143 cm³/mol. The number of carbonyl (C=O) groups is 1. The molecule has 4 heterocycles. The third-order valence-corrected chi connectivity index (χ3v) is 7.09. The molecule has 3 aromatic heterocycles. The van der Waals surface area contributed by atoms with Gasteiger partial charge in [0.2, 0.25) is 0 Å². The number of alkyl halides is 5. The van der Waals surface area contributed by atoms with Gasteiger partial charge in [-0.25, -0.2) is 9.97 Å². The van der Waals surface area contributed by atoms with Crippen LogP contribution in [0.1, 0.15) is 34.3 Å². The summed E-state index contributed by atoms with van der Waals surface area (Å²) >= 11 is 0. The highest BCUT2D eigenvalue weighted by Crippen LogP contribution is 2.47. The molecule has 1 amide bonds. The lowest BCUT2D eigenvalue weighted by Gasteiger charge is -2.25. The van der Waals surface area contributed by atoms with Crippen molar-refractivity contribution in [2.75, 3.05) is 30.8 Å². The number of likely N-dealkylation sites (tertiary alicyclic amines) is 1. The molecule has 5 rings (SSSR count). The van der Waals surface area contributed by atoms with Crippen LogP contribution in [-0.4, -0.2) is 58.2 Å². The molecule has 41 heavy (non-hydrogen) atoms. The van der Waals surface area contributed by atoms with E-state index >= 15 is 0 Å². The molecule has 1 aliphatic rings. The highest BCUT2D eigenvalue weighted by Gasteiger charge is 2.60. The summed E-state index contributed by atoms with van der Waals surface area (Å²) in [5.41, 5.74) is 0.432. The lowest BCUT2D eigenvalue weighted by Crippen LogP contribution is -2.35. The summed E-state index contributed by atoms with van der Waals surface area (Å²) in [7, 11) is 1.83. The van der Waals surface area contributed by atoms with Crippen molar-refractivity contribution in [2.24, 2.45) is 0 Å². The number of aromatic nitrogens is 3. The zero-order valence-electron chi connectivity index (χ0n) is 21.9. The first-order valence-corrected chi connectivity index (χ1v) is 12.9. The van der Waals surface area contributed by atoms with Gasteiger partial charge < -0.3 is 25.3 Å². The summed E-state index contributed by atoms with van der Waals surface area (Å²) in [4.78, 5) is 26.7. The third kappa shape index (κ3) is 5.94. The van der Waals surface area contributed by atoms with Crippen molar-refractivity contribution >= 4 is 28.4 Å². The second-order valence-electron chi connectivity index (χ2n) is 9.79. The molecule has 0 radical (unpaired) electrons. The van der Waals surface area contributed by atoms with Crippen LogP contribution in [0.4, 0.5) is 33.5 Å². The van der Waals surface area contributed by atoms with Crippen LogP contribution in [0.5, 0.6) is 5.75 Å². The molecule has 8 nitrogen and oxygen atoms in total. The molecular weight excluding hydrogens is 547 g/mol. The third-order valence-electron chi connectivity index (χ3n) is 7.09. The van der Waals surface area contributed by atoms with Gasteiger partial charge in [-0.1, -0.05) is 0 Å². The monoisotopic (exact) mass is 574 g/mol. The Hall–Kier alpha value is -4.26. The summed E-state index contributed by atoms with van der Waals surface area (Å²) in [5, 5.41) is 6.59. The number of ether oxygens (including phenoxy) is 1. The van der Waals surface area contributed by atoms with Gasteiger partial charge in [0.25, 0.3) is 5.91 Å². The number of nitrogens with one attached hydrogen (secondary N) is 3. The van der Waals surface area contributed by atoms with Crippen molar-refractivity contribution in [3.05, 3.63) is 77.7 Å². The molecule has 13 heteroatoms. The normalized spacial score (nSPS) is 16.2. The van der Waals surface area contributed by atoms with E-state index in [1.807, 2.05) is 24.1 Å². The Morgan fingerprint density at radius 3 is 2.71 bits per heavy atom. The van der Waals surface area contributed by atoms with Gasteiger partial charge in [-0.15, -0.1) is 0 Å². The van der Waals surface area contributed by atoms with E-state index in [1.165, 1.54) is 12.3 Å². The van der Waals surface area contributed by atoms with Gasteiger partial charge in [0, 0.05) is 48.3 Å². The standard InChI is InChI=1S/C28H27F5N6O2/c1-39-13-3-4-19(39)16-41-23-14-18(6-7-22(23)27(29,30)28(31,32)33)38-26(40)21-5-2-10-34-25(21)37-15-17-8-11-35-24-20(17)9-12-36-24/h2,5-12,14,19H,3-4,13,15-16H2,1H3,(H,34,37)(H,35,36)(H,38,40). The molecule has 1 fully saturated rings. The van der Waals surface area contributed by atoms with Crippen LogP contribution in [0.3, 0.4) is 0 Å². The molecular formula is C28H27F5N6O2. The lowest BCUT2D eigenvalue weighted by atomic mass is 10.1. The summed E-state index contributed by atoms with van der Waals surface area (Å²) in [6.07, 6.45) is 0.683. The van der Waals surface area contributed by atoms with E-state index in [2.05, 4.69) is 25.6 Å². The predicted octanol–water partition coefficient (Wildman–Crippen LogP) is 5.95. The van der Waals surface area contributed by atoms with E-state index in [0.717, 1.165) is 42.5 Å². The minimum atomic E-state index is -5.82. The van der Waals surface area contributed by atoms with Crippen molar-refractivity contribution in [1.82, 2.24) is 19.9 Å². The van der Waals surface area contributed by atoms with Gasteiger partial charge in [-0.2, -0.15) is 22.0 Å². The number of halogens is 5. The number of H-pyrrole nitrogens is 1. The molecule has 0 spiro atoms. The number of hydrogen-bond donors (Lipinski definition) is 3. The molecule has 1 unspecified atom stereocenters. The fourth-order valence-corrected chi connectivity index (χ4v) is 4.79. The number of pyridine rings is 2. The van der Waals surface area contributed by atoms with Crippen LogP contribution < -0.4 is 15.4 Å². The van der Waals surface area contributed by atoms with Crippen LogP contribution in [0.2, 0.25) is 0 Å². The van der Waals surface area contributed by atoms with Gasteiger partial charge in [0.15, 0.2) is 0 Å². The summed E-state index contributed by atoms with van der Waals surface area (Å²) in [6, 6.07) is 9.26. The SMILES string of the molecule is CN1CCCC1COc1cc(NC(=O)c2cccnc2NCc2ccnc3[nH]ccc23)ccc1C(F)(F)C(F)(F)F. The van der Waals surface area contributed by atoms with Crippen molar-refractivity contribution in [3.8, 4) is 5.75 Å². The Bertz CT molecular complexity index is 1540. The summed E-state index contributed by atoms with van der Waals surface area (Å²) in [6.45, 7) is 1.02. The second-order valence-corrected chi connectivity index (χ2v) is 9.79. The van der Waals surface area contributed by atoms with Gasteiger partial charge >= 0.3 is 12.1 Å².